The van der Waals surface area contributed by atoms with Crippen LogP contribution in [0.1, 0.15) is 18.5 Å². The van der Waals surface area contributed by atoms with Crippen LogP contribution in [0.2, 0.25) is 0 Å². The van der Waals surface area contributed by atoms with Crippen LogP contribution in [0.5, 0.6) is 0 Å². The molecular formula is C9H13N3O. The van der Waals surface area contributed by atoms with E-state index in [4.69, 9.17) is 0 Å². The summed E-state index contributed by atoms with van der Waals surface area (Å²) in [5, 5.41) is 7.00. The van der Waals surface area contributed by atoms with E-state index in [-0.39, 0.29) is 11.8 Å². The number of nitrogens with zero attached hydrogens (tertiary/aromatic N) is 2. The summed E-state index contributed by atoms with van der Waals surface area (Å²) in [5.41, 5.74) is 0.925. The van der Waals surface area contributed by atoms with Crippen molar-refractivity contribution < 1.29 is 4.79 Å². The van der Waals surface area contributed by atoms with E-state index in [0.717, 1.165) is 24.4 Å². The van der Waals surface area contributed by atoms with Gasteiger partial charge in [0, 0.05) is 19.0 Å². The number of aryl methyl sites for hydroxylation is 2. The summed E-state index contributed by atoms with van der Waals surface area (Å²) in [4.78, 5) is 11.4. The third kappa shape index (κ3) is 1.71. The summed E-state index contributed by atoms with van der Waals surface area (Å²) in [6, 6.07) is 1.88. The minimum Gasteiger partial charge on any atom is -0.311 e. The van der Waals surface area contributed by atoms with E-state index in [1.807, 2.05) is 20.0 Å². The lowest BCUT2D eigenvalue weighted by Gasteiger charge is -2.02. The lowest BCUT2D eigenvalue weighted by molar-refractivity contribution is -0.117. The Labute approximate surface area is 76.9 Å². The number of anilines is 1. The number of aromatic nitrogens is 2. The summed E-state index contributed by atoms with van der Waals surface area (Å²) in [5.74, 6) is 1.16. The molecule has 0 radical (unpaired) electrons. The second kappa shape index (κ2) is 2.87. The van der Waals surface area contributed by atoms with Crippen LogP contribution in [-0.2, 0) is 11.8 Å². The fraction of sp³-hybridized carbons (Fsp3) is 0.556. The Morgan fingerprint density at radius 3 is 2.85 bits per heavy atom. The molecule has 1 aliphatic rings. The van der Waals surface area contributed by atoms with Gasteiger partial charge in [0.2, 0.25) is 5.91 Å². The Hall–Kier alpha value is -1.32. The lowest BCUT2D eigenvalue weighted by Crippen LogP contribution is -2.15. The third-order valence-corrected chi connectivity index (χ3v) is 2.20. The summed E-state index contributed by atoms with van der Waals surface area (Å²) in [6.07, 6.45) is 2.06. The van der Waals surface area contributed by atoms with E-state index in [0.29, 0.717) is 0 Å². The van der Waals surface area contributed by atoms with E-state index in [1.54, 1.807) is 4.68 Å². The Bertz CT molecular complexity index is 339. The van der Waals surface area contributed by atoms with Crippen molar-refractivity contribution >= 4 is 11.7 Å². The molecule has 1 heterocycles. The van der Waals surface area contributed by atoms with Gasteiger partial charge in [-0.1, -0.05) is 0 Å². The highest BCUT2D eigenvalue weighted by Gasteiger charge is 2.29. The molecule has 0 aromatic carbocycles. The topological polar surface area (TPSA) is 46.9 Å². The smallest absolute Gasteiger partial charge is 0.228 e. The molecule has 13 heavy (non-hydrogen) atoms. The standard InChI is InChI=1S/C9H13N3O/c1-6-5-8(12(2)11-6)10-9(13)7-3-4-7/h5,7H,3-4H2,1-2H3,(H,10,13). The third-order valence-electron chi connectivity index (χ3n) is 2.20. The molecule has 70 valence electrons. The Morgan fingerprint density at radius 2 is 2.38 bits per heavy atom. The van der Waals surface area contributed by atoms with E-state index >= 15 is 0 Å². The highest BCUT2D eigenvalue weighted by Crippen LogP contribution is 2.30. The SMILES string of the molecule is Cc1cc(NC(=O)C2CC2)n(C)n1. The van der Waals surface area contributed by atoms with Crippen LogP contribution in [0.25, 0.3) is 0 Å². The van der Waals surface area contributed by atoms with E-state index in [2.05, 4.69) is 10.4 Å². The van der Waals surface area contributed by atoms with Gasteiger partial charge in [0.15, 0.2) is 0 Å². The van der Waals surface area contributed by atoms with Crippen LogP contribution in [0.4, 0.5) is 5.82 Å². The van der Waals surface area contributed by atoms with Crippen LogP contribution >= 0.6 is 0 Å². The van der Waals surface area contributed by atoms with Crippen LogP contribution in [-0.4, -0.2) is 15.7 Å². The molecule has 1 N–H and O–H groups in total. The first-order valence-corrected chi connectivity index (χ1v) is 4.48. The molecule has 1 saturated carbocycles. The van der Waals surface area contributed by atoms with Gasteiger partial charge in [-0.05, 0) is 19.8 Å². The predicted octanol–water partition coefficient (Wildman–Crippen LogP) is 1.08. The second-order valence-corrected chi connectivity index (χ2v) is 3.56. The average Bonchev–Trinajstić information content (AvgIpc) is 2.81. The molecular weight excluding hydrogens is 166 g/mol. The normalized spacial score (nSPS) is 15.8. The number of rotatable bonds is 2. The van der Waals surface area contributed by atoms with Crippen molar-refractivity contribution in [1.29, 1.82) is 0 Å². The van der Waals surface area contributed by atoms with Crippen LogP contribution in [0, 0.1) is 12.8 Å². The van der Waals surface area contributed by atoms with Gasteiger partial charge in [-0.15, -0.1) is 0 Å². The number of hydrogen-bond donors (Lipinski definition) is 1. The molecule has 1 fully saturated rings. The number of carbonyl (C=O) groups excluding carboxylic acids is 1. The van der Waals surface area contributed by atoms with E-state index < -0.39 is 0 Å². The minimum atomic E-state index is 0.128. The fourth-order valence-electron chi connectivity index (χ4n) is 1.30. The summed E-state index contributed by atoms with van der Waals surface area (Å²) >= 11 is 0. The number of nitrogens with one attached hydrogen (secondary N) is 1. The molecule has 1 aromatic rings. The van der Waals surface area contributed by atoms with Gasteiger partial charge >= 0.3 is 0 Å². The molecule has 0 unspecified atom stereocenters. The van der Waals surface area contributed by atoms with Gasteiger partial charge in [-0.2, -0.15) is 5.10 Å². The zero-order valence-corrected chi connectivity index (χ0v) is 7.87. The van der Waals surface area contributed by atoms with Gasteiger partial charge < -0.3 is 5.32 Å². The Kier molecular flexibility index (Phi) is 1.83. The monoisotopic (exact) mass is 179 g/mol. The Morgan fingerprint density at radius 1 is 1.69 bits per heavy atom. The Balaban J connectivity index is 2.07. The van der Waals surface area contributed by atoms with Crippen molar-refractivity contribution in [2.45, 2.75) is 19.8 Å². The minimum absolute atomic E-state index is 0.128. The van der Waals surface area contributed by atoms with Gasteiger partial charge in [0.25, 0.3) is 0 Å². The van der Waals surface area contributed by atoms with Gasteiger partial charge in [-0.25, -0.2) is 0 Å². The van der Waals surface area contributed by atoms with Crippen molar-refractivity contribution in [3.8, 4) is 0 Å². The lowest BCUT2D eigenvalue weighted by atomic mass is 10.4. The molecule has 0 saturated heterocycles. The first kappa shape index (κ1) is 8.29. The zero-order chi connectivity index (χ0) is 9.42. The maximum absolute atomic E-state index is 11.4. The summed E-state index contributed by atoms with van der Waals surface area (Å²) in [6.45, 7) is 1.91. The maximum Gasteiger partial charge on any atom is 0.228 e. The van der Waals surface area contributed by atoms with Gasteiger partial charge in [0.1, 0.15) is 5.82 Å². The predicted molar refractivity (Wildman–Crippen MR) is 49.3 cm³/mol. The van der Waals surface area contributed by atoms with Crippen LogP contribution in [0.15, 0.2) is 6.07 Å². The van der Waals surface area contributed by atoms with Crippen molar-refractivity contribution in [3.63, 3.8) is 0 Å². The first-order valence-electron chi connectivity index (χ1n) is 4.48. The van der Waals surface area contributed by atoms with Crippen molar-refractivity contribution in [1.82, 2.24) is 9.78 Å². The van der Waals surface area contributed by atoms with Gasteiger partial charge in [-0.3, -0.25) is 9.48 Å². The molecule has 4 heteroatoms. The van der Waals surface area contributed by atoms with E-state index in [9.17, 15) is 4.79 Å². The zero-order valence-electron chi connectivity index (χ0n) is 7.87. The number of hydrogen-bond acceptors (Lipinski definition) is 2. The molecule has 4 nitrogen and oxygen atoms in total. The summed E-state index contributed by atoms with van der Waals surface area (Å²) < 4.78 is 1.69. The van der Waals surface area contributed by atoms with Crippen molar-refractivity contribution in [2.24, 2.45) is 13.0 Å². The van der Waals surface area contributed by atoms with E-state index in [1.165, 1.54) is 0 Å². The maximum atomic E-state index is 11.4. The quantitative estimate of drug-likeness (QED) is 0.738. The molecule has 1 aromatic heterocycles. The first-order chi connectivity index (χ1) is 6.16. The molecule has 0 aliphatic heterocycles. The number of amides is 1. The summed E-state index contributed by atoms with van der Waals surface area (Å²) in [7, 11) is 1.83. The highest BCUT2D eigenvalue weighted by atomic mass is 16.2. The van der Waals surface area contributed by atoms with Gasteiger partial charge in [0.05, 0.1) is 5.69 Å². The van der Waals surface area contributed by atoms with Crippen molar-refractivity contribution in [3.05, 3.63) is 11.8 Å². The number of carbonyl (C=O) groups is 1. The molecule has 1 amide bonds. The van der Waals surface area contributed by atoms with Crippen molar-refractivity contribution in [2.75, 3.05) is 5.32 Å². The molecule has 1 aliphatic carbocycles. The molecule has 0 atom stereocenters. The van der Waals surface area contributed by atoms with Crippen LogP contribution in [0.3, 0.4) is 0 Å². The molecule has 0 bridgehead atoms. The molecule has 0 spiro atoms. The molecule has 2 rings (SSSR count). The fourth-order valence-corrected chi connectivity index (χ4v) is 1.30. The van der Waals surface area contributed by atoms with Crippen LogP contribution < -0.4 is 5.32 Å². The highest BCUT2D eigenvalue weighted by molar-refractivity contribution is 5.93. The average molecular weight is 179 g/mol. The largest absolute Gasteiger partial charge is 0.311 e. The second-order valence-electron chi connectivity index (χ2n) is 3.56.